The van der Waals surface area contributed by atoms with Crippen molar-refractivity contribution in [3.05, 3.63) is 53.1 Å². The molecule has 0 atom stereocenters. The van der Waals surface area contributed by atoms with E-state index >= 15 is 0 Å². The van der Waals surface area contributed by atoms with Crippen molar-refractivity contribution in [3.63, 3.8) is 0 Å². The number of carbonyl (C=O) groups is 1. The molecule has 0 fully saturated rings. The molecule has 21 heavy (non-hydrogen) atoms. The molecule has 0 aliphatic rings. The summed E-state index contributed by atoms with van der Waals surface area (Å²) in [5, 5.41) is 9.79. The molecule has 0 unspecified atom stereocenters. The number of amides is 1. The van der Waals surface area contributed by atoms with Crippen LogP contribution in [-0.2, 0) is 0 Å². The molecule has 0 saturated carbocycles. The minimum atomic E-state index is -0.182. The van der Waals surface area contributed by atoms with Crippen LogP contribution in [0.25, 0.3) is 0 Å². The fourth-order valence-electron chi connectivity index (χ4n) is 2.28. The number of ether oxygens (including phenoxy) is 1. The Morgan fingerprint density at radius 2 is 1.71 bits per heavy atom. The Labute approximate surface area is 124 Å². The highest BCUT2D eigenvalue weighted by molar-refractivity contribution is 6.06. The number of carbonyl (C=O) groups excluding carboxylic acids is 1. The highest BCUT2D eigenvalue weighted by Crippen LogP contribution is 2.27. The highest BCUT2D eigenvalue weighted by Gasteiger charge is 2.16. The third kappa shape index (κ3) is 3.16. The molecule has 0 saturated heterocycles. The SMILES string of the molecule is COc1ccc(C(=O)N(C)c2cc(C)cc(C)c2)cc1O. The molecule has 0 heterocycles. The van der Waals surface area contributed by atoms with E-state index in [9.17, 15) is 9.90 Å². The predicted molar refractivity (Wildman–Crippen MR) is 83.3 cm³/mol. The zero-order chi connectivity index (χ0) is 15.6. The summed E-state index contributed by atoms with van der Waals surface area (Å²) in [6.45, 7) is 3.99. The van der Waals surface area contributed by atoms with Crippen LogP contribution in [0.15, 0.2) is 36.4 Å². The van der Waals surface area contributed by atoms with E-state index in [0.717, 1.165) is 16.8 Å². The van der Waals surface area contributed by atoms with E-state index in [1.54, 1.807) is 24.1 Å². The lowest BCUT2D eigenvalue weighted by Gasteiger charge is -2.19. The van der Waals surface area contributed by atoms with Crippen molar-refractivity contribution in [2.45, 2.75) is 13.8 Å². The molecule has 110 valence electrons. The summed E-state index contributed by atoms with van der Waals surface area (Å²) in [6, 6.07) is 10.6. The first-order chi connectivity index (χ1) is 9.92. The molecule has 0 radical (unpaired) electrons. The maximum absolute atomic E-state index is 12.5. The third-order valence-corrected chi connectivity index (χ3v) is 3.32. The van der Waals surface area contributed by atoms with Crippen molar-refractivity contribution >= 4 is 11.6 Å². The topological polar surface area (TPSA) is 49.8 Å². The van der Waals surface area contributed by atoms with Gasteiger partial charge >= 0.3 is 0 Å². The molecule has 0 spiro atoms. The lowest BCUT2D eigenvalue weighted by molar-refractivity contribution is 0.0992. The summed E-state index contributed by atoms with van der Waals surface area (Å²) in [5.41, 5.74) is 3.44. The number of nitrogens with zero attached hydrogens (tertiary/aromatic N) is 1. The van der Waals surface area contributed by atoms with Gasteiger partial charge in [-0.25, -0.2) is 0 Å². The van der Waals surface area contributed by atoms with Crippen molar-refractivity contribution in [1.82, 2.24) is 0 Å². The average Bonchev–Trinajstić information content (AvgIpc) is 2.44. The van der Waals surface area contributed by atoms with E-state index in [4.69, 9.17) is 4.74 Å². The molecule has 1 N–H and O–H groups in total. The van der Waals surface area contributed by atoms with Crippen molar-refractivity contribution in [2.24, 2.45) is 0 Å². The summed E-state index contributed by atoms with van der Waals surface area (Å²) in [6.07, 6.45) is 0. The first-order valence-electron chi connectivity index (χ1n) is 6.65. The average molecular weight is 285 g/mol. The van der Waals surface area contributed by atoms with Gasteiger partial charge in [-0.15, -0.1) is 0 Å². The Bertz CT molecular complexity index is 659. The number of methoxy groups -OCH3 is 1. The van der Waals surface area contributed by atoms with Crippen LogP contribution in [0.4, 0.5) is 5.69 Å². The summed E-state index contributed by atoms with van der Waals surface area (Å²) < 4.78 is 4.98. The number of rotatable bonds is 3. The van der Waals surface area contributed by atoms with Crippen molar-refractivity contribution in [1.29, 1.82) is 0 Å². The van der Waals surface area contributed by atoms with Crippen molar-refractivity contribution < 1.29 is 14.6 Å². The molecular weight excluding hydrogens is 266 g/mol. The van der Waals surface area contributed by atoms with Crippen LogP contribution in [0.5, 0.6) is 11.5 Å². The number of anilines is 1. The fraction of sp³-hybridized carbons (Fsp3) is 0.235. The number of benzene rings is 2. The molecule has 0 bridgehead atoms. The van der Waals surface area contributed by atoms with E-state index in [-0.39, 0.29) is 11.7 Å². The minimum Gasteiger partial charge on any atom is -0.504 e. The lowest BCUT2D eigenvalue weighted by Crippen LogP contribution is -2.26. The number of hydrogen-bond acceptors (Lipinski definition) is 3. The summed E-state index contributed by atoms with van der Waals surface area (Å²) in [5.74, 6) is 0.121. The van der Waals surface area contributed by atoms with E-state index in [1.807, 2.05) is 26.0 Å². The smallest absolute Gasteiger partial charge is 0.258 e. The molecule has 2 rings (SSSR count). The number of phenolic OH excluding ortho intramolecular Hbond substituents is 1. The van der Waals surface area contributed by atoms with Crippen LogP contribution in [0.3, 0.4) is 0 Å². The molecular formula is C17H19NO3. The highest BCUT2D eigenvalue weighted by atomic mass is 16.5. The Balaban J connectivity index is 2.32. The zero-order valence-corrected chi connectivity index (χ0v) is 12.7. The second-order valence-corrected chi connectivity index (χ2v) is 5.10. The van der Waals surface area contributed by atoms with Gasteiger partial charge in [0.2, 0.25) is 0 Å². The molecule has 4 nitrogen and oxygen atoms in total. The summed E-state index contributed by atoms with van der Waals surface area (Å²) >= 11 is 0. The first kappa shape index (κ1) is 14.9. The maximum atomic E-state index is 12.5. The fourth-order valence-corrected chi connectivity index (χ4v) is 2.28. The number of phenols is 1. The van der Waals surface area contributed by atoms with Gasteiger partial charge in [-0.05, 0) is 55.3 Å². The quantitative estimate of drug-likeness (QED) is 0.941. The largest absolute Gasteiger partial charge is 0.504 e. The molecule has 0 aromatic heterocycles. The van der Waals surface area contributed by atoms with Gasteiger partial charge in [0.05, 0.1) is 7.11 Å². The van der Waals surface area contributed by atoms with Gasteiger partial charge in [0.15, 0.2) is 11.5 Å². The van der Waals surface area contributed by atoms with Crippen LogP contribution >= 0.6 is 0 Å². The Hall–Kier alpha value is -2.49. The number of aromatic hydroxyl groups is 1. The van der Waals surface area contributed by atoms with Crippen LogP contribution in [0.1, 0.15) is 21.5 Å². The van der Waals surface area contributed by atoms with Crippen molar-refractivity contribution in [2.75, 3.05) is 19.1 Å². The van der Waals surface area contributed by atoms with E-state index in [1.165, 1.54) is 13.2 Å². The van der Waals surface area contributed by atoms with Crippen LogP contribution in [-0.4, -0.2) is 25.2 Å². The van der Waals surface area contributed by atoms with Crippen LogP contribution in [0, 0.1) is 13.8 Å². The van der Waals surface area contributed by atoms with Crippen LogP contribution < -0.4 is 9.64 Å². The molecule has 0 aliphatic heterocycles. The summed E-state index contributed by atoms with van der Waals surface area (Å²) in [7, 11) is 3.19. The van der Waals surface area contributed by atoms with Gasteiger partial charge < -0.3 is 14.7 Å². The van der Waals surface area contributed by atoms with Crippen LogP contribution in [0.2, 0.25) is 0 Å². The van der Waals surface area contributed by atoms with Gasteiger partial charge in [0, 0.05) is 18.3 Å². The standard InChI is InChI=1S/C17H19NO3/c1-11-7-12(2)9-14(8-11)18(3)17(20)13-5-6-16(21-4)15(19)10-13/h5-10,19H,1-4H3. The normalized spacial score (nSPS) is 10.3. The van der Waals surface area contributed by atoms with Crippen molar-refractivity contribution in [3.8, 4) is 11.5 Å². The van der Waals surface area contributed by atoms with E-state index < -0.39 is 0 Å². The second-order valence-electron chi connectivity index (χ2n) is 5.10. The Morgan fingerprint density at radius 3 is 2.24 bits per heavy atom. The predicted octanol–water partition coefficient (Wildman–Crippen LogP) is 3.29. The van der Waals surface area contributed by atoms with Gasteiger partial charge in [-0.2, -0.15) is 0 Å². The van der Waals surface area contributed by atoms with Gasteiger partial charge in [-0.1, -0.05) is 6.07 Å². The minimum absolute atomic E-state index is 0.0443. The van der Waals surface area contributed by atoms with Gasteiger partial charge in [0.25, 0.3) is 5.91 Å². The Morgan fingerprint density at radius 1 is 1.10 bits per heavy atom. The van der Waals surface area contributed by atoms with E-state index in [0.29, 0.717) is 11.3 Å². The number of aryl methyl sites for hydroxylation is 2. The van der Waals surface area contributed by atoms with E-state index in [2.05, 4.69) is 6.07 Å². The third-order valence-electron chi connectivity index (χ3n) is 3.32. The molecule has 2 aromatic rings. The monoisotopic (exact) mass is 285 g/mol. The molecule has 0 aliphatic carbocycles. The zero-order valence-electron chi connectivity index (χ0n) is 12.7. The maximum Gasteiger partial charge on any atom is 0.258 e. The first-order valence-corrected chi connectivity index (χ1v) is 6.65. The Kier molecular flexibility index (Phi) is 4.17. The molecule has 4 heteroatoms. The molecule has 1 amide bonds. The molecule has 2 aromatic carbocycles. The van der Waals surface area contributed by atoms with Gasteiger partial charge in [-0.3, -0.25) is 4.79 Å². The summed E-state index contributed by atoms with van der Waals surface area (Å²) in [4.78, 5) is 14.1. The number of hydrogen-bond donors (Lipinski definition) is 1. The lowest BCUT2D eigenvalue weighted by atomic mass is 10.1. The van der Waals surface area contributed by atoms with Gasteiger partial charge in [0.1, 0.15) is 0 Å². The second kappa shape index (κ2) is 5.87.